The number of aromatic nitrogens is 2. The Morgan fingerprint density at radius 2 is 1.75 bits per heavy atom. The fourth-order valence-corrected chi connectivity index (χ4v) is 2.80. The highest BCUT2D eigenvalue weighted by Gasteiger charge is 2.10. The van der Waals surface area contributed by atoms with Crippen LogP contribution in [0.4, 0.5) is 0 Å². The molecule has 0 fully saturated rings. The highest BCUT2D eigenvalue weighted by atomic mass is 35.5. The van der Waals surface area contributed by atoms with Crippen LogP contribution in [-0.2, 0) is 5.88 Å². The molecule has 124 valence electrons. The summed E-state index contributed by atoms with van der Waals surface area (Å²) >= 11 is 12.1. The van der Waals surface area contributed by atoms with Crippen molar-refractivity contribution in [2.75, 3.05) is 0 Å². The Bertz CT molecular complexity index is 826. The number of H-pyrrole nitrogens is 1. The molecule has 3 aromatic rings. The van der Waals surface area contributed by atoms with E-state index < -0.39 is 0 Å². The van der Waals surface area contributed by atoms with Gasteiger partial charge in [-0.2, -0.15) is 5.10 Å². The van der Waals surface area contributed by atoms with Crippen molar-refractivity contribution in [3.63, 3.8) is 0 Å². The molecule has 1 aromatic heterocycles. The molecule has 0 aliphatic rings. The minimum atomic E-state index is 0.0845. The van der Waals surface area contributed by atoms with Crippen molar-refractivity contribution in [3.05, 3.63) is 59.1 Å². The van der Waals surface area contributed by atoms with E-state index in [1.165, 1.54) is 0 Å². The van der Waals surface area contributed by atoms with Crippen LogP contribution in [0.3, 0.4) is 0 Å². The van der Waals surface area contributed by atoms with E-state index in [4.69, 9.17) is 27.9 Å². The Labute approximate surface area is 151 Å². The van der Waals surface area contributed by atoms with Crippen molar-refractivity contribution in [1.29, 1.82) is 0 Å². The Kier molecular flexibility index (Phi) is 5.12. The van der Waals surface area contributed by atoms with Gasteiger partial charge in [0.15, 0.2) is 0 Å². The van der Waals surface area contributed by atoms with Crippen LogP contribution in [0.15, 0.2) is 48.5 Å². The zero-order valence-corrected chi connectivity index (χ0v) is 15.0. The first-order chi connectivity index (χ1) is 11.6. The molecule has 24 heavy (non-hydrogen) atoms. The minimum absolute atomic E-state index is 0.0845. The highest BCUT2D eigenvalue weighted by Crippen LogP contribution is 2.31. The molecule has 3 rings (SSSR count). The molecule has 2 aromatic carbocycles. The van der Waals surface area contributed by atoms with Gasteiger partial charge in [-0.1, -0.05) is 35.9 Å². The van der Waals surface area contributed by atoms with Crippen LogP contribution >= 0.6 is 23.2 Å². The molecule has 0 unspecified atom stereocenters. The van der Waals surface area contributed by atoms with Crippen LogP contribution in [0, 0.1) is 0 Å². The third-order valence-electron chi connectivity index (χ3n) is 3.59. The first-order valence-corrected chi connectivity index (χ1v) is 8.65. The van der Waals surface area contributed by atoms with Crippen molar-refractivity contribution in [1.82, 2.24) is 10.2 Å². The standard InChI is InChI=1S/C19H18Cl2N2O/c1-12(2)24-19-8-7-15(9-16(19)21)18-10-17(22-23-18)14-5-3-13(11-20)4-6-14/h3-10,12H,11H2,1-2H3,(H,22,23). The number of nitrogens with one attached hydrogen (secondary N) is 1. The highest BCUT2D eigenvalue weighted by molar-refractivity contribution is 6.32. The molecule has 3 nitrogen and oxygen atoms in total. The predicted molar refractivity (Wildman–Crippen MR) is 99.8 cm³/mol. The largest absolute Gasteiger partial charge is 0.489 e. The molecule has 1 heterocycles. The number of hydrogen-bond donors (Lipinski definition) is 1. The second kappa shape index (κ2) is 7.29. The topological polar surface area (TPSA) is 37.9 Å². The maximum Gasteiger partial charge on any atom is 0.138 e. The predicted octanol–water partition coefficient (Wildman–Crippen LogP) is 5.92. The molecule has 0 spiro atoms. The molecule has 0 radical (unpaired) electrons. The molecule has 0 saturated heterocycles. The normalized spacial score (nSPS) is 11.0. The quantitative estimate of drug-likeness (QED) is 0.573. The van der Waals surface area contributed by atoms with Gasteiger partial charge in [0.1, 0.15) is 5.75 Å². The molecule has 0 aliphatic carbocycles. The van der Waals surface area contributed by atoms with Gasteiger partial charge in [0.05, 0.1) is 22.5 Å². The zero-order valence-electron chi connectivity index (χ0n) is 13.5. The molecular weight excluding hydrogens is 343 g/mol. The van der Waals surface area contributed by atoms with Crippen molar-refractivity contribution in [2.45, 2.75) is 25.8 Å². The number of hydrogen-bond acceptors (Lipinski definition) is 2. The number of halogens is 2. The number of benzene rings is 2. The van der Waals surface area contributed by atoms with Crippen LogP contribution in [0.2, 0.25) is 5.02 Å². The molecule has 0 aliphatic heterocycles. The van der Waals surface area contributed by atoms with Crippen LogP contribution in [0.25, 0.3) is 22.5 Å². The lowest BCUT2D eigenvalue weighted by molar-refractivity contribution is 0.242. The zero-order chi connectivity index (χ0) is 17.1. The number of ether oxygens (including phenoxy) is 1. The summed E-state index contributed by atoms with van der Waals surface area (Å²) in [5.74, 6) is 1.19. The fraction of sp³-hybridized carbons (Fsp3) is 0.211. The van der Waals surface area contributed by atoms with E-state index in [0.29, 0.717) is 16.7 Å². The Hall–Kier alpha value is -1.97. The fourth-order valence-electron chi connectivity index (χ4n) is 2.40. The van der Waals surface area contributed by atoms with Crippen LogP contribution < -0.4 is 4.74 Å². The third-order valence-corrected chi connectivity index (χ3v) is 4.19. The smallest absolute Gasteiger partial charge is 0.138 e. The van der Waals surface area contributed by atoms with Gasteiger partial charge in [-0.25, -0.2) is 0 Å². The molecular formula is C19H18Cl2N2O. The maximum atomic E-state index is 6.31. The van der Waals surface area contributed by atoms with Crippen molar-refractivity contribution < 1.29 is 4.74 Å². The average molecular weight is 361 g/mol. The van der Waals surface area contributed by atoms with Gasteiger partial charge >= 0.3 is 0 Å². The van der Waals surface area contributed by atoms with Gasteiger partial charge < -0.3 is 4.74 Å². The summed E-state index contributed by atoms with van der Waals surface area (Å²) < 4.78 is 5.66. The molecule has 0 amide bonds. The van der Waals surface area contributed by atoms with Crippen LogP contribution in [-0.4, -0.2) is 16.3 Å². The van der Waals surface area contributed by atoms with E-state index in [9.17, 15) is 0 Å². The Morgan fingerprint density at radius 1 is 1.04 bits per heavy atom. The van der Waals surface area contributed by atoms with E-state index in [2.05, 4.69) is 10.2 Å². The number of rotatable bonds is 5. The summed E-state index contributed by atoms with van der Waals surface area (Å²) in [4.78, 5) is 0. The van der Waals surface area contributed by atoms with E-state index in [-0.39, 0.29) is 6.10 Å². The second-order valence-corrected chi connectivity index (χ2v) is 6.48. The van der Waals surface area contributed by atoms with E-state index in [1.807, 2.05) is 62.4 Å². The van der Waals surface area contributed by atoms with Gasteiger partial charge in [0.25, 0.3) is 0 Å². The number of alkyl halides is 1. The van der Waals surface area contributed by atoms with Gasteiger partial charge in [0, 0.05) is 11.4 Å². The van der Waals surface area contributed by atoms with Crippen molar-refractivity contribution in [2.24, 2.45) is 0 Å². The van der Waals surface area contributed by atoms with Crippen LogP contribution in [0.5, 0.6) is 5.75 Å². The van der Waals surface area contributed by atoms with Gasteiger partial charge in [-0.05, 0) is 49.2 Å². The van der Waals surface area contributed by atoms with Gasteiger partial charge in [0.2, 0.25) is 0 Å². The van der Waals surface area contributed by atoms with Crippen molar-refractivity contribution >= 4 is 23.2 Å². The Morgan fingerprint density at radius 3 is 2.38 bits per heavy atom. The molecule has 5 heteroatoms. The van der Waals surface area contributed by atoms with Crippen LogP contribution in [0.1, 0.15) is 19.4 Å². The summed E-state index contributed by atoms with van der Waals surface area (Å²) in [6.07, 6.45) is 0.0845. The second-order valence-electron chi connectivity index (χ2n) is 5.81. The first-order valence-electron chi connectivity index (χ1n) is 7.74. The summed E-state index contributed by atoms with van der Waals surface area (Å²) in [5, 5.41) is 8.03. The minimum Gasteiger partial charge on any atom is -0.489 e. The first kappa shape index (κ1) is 16.9. The van der Waals surface area contributed by atoms with E-state index >= 15 is 0 Å². The Balaban J connectivity index is 1.85. The molecule has 1 N–H and O–H groups in total. The molecule has 0 atom stereocenters. The van der Waals surface area contributed by atoms with Gasteiger partial charge in [-0.3, -0.25) is 5.10 Å². The lowest BCUT2D eigenvalue weighted by atomic mass is 10.1. The summed E-state index contributed by atoms with van der Waals surface area (Å²) in [7, 11) is 0. The number of nitrogens with zero attached hydrogens (tertiary/aromatic N) is 1. The number of aromatic amines is 1. The van der Waals surface area contributed by atoms with Crippen molar-refractivity contribution in [3.8, 4) is 28.3 Å². The monoisotopic (exact) mass is 360 g/mol. The average Bonchev–Trinajstić information content (AvgIpc) is 3.06. The summed E-state index contributed by atoms with van der Waals surface area (Å²) in [6, 6.07) is 15.8. The van der Waals surface area contributed by atoms with E-state index in [0.717, 1.165) is 28.1 Å². The SMILES string of the molecule is CC(C)Oc1ccc(-c2cc(-c3ccc(CCl)cc3)[nH]n2)cc1Cl. The van der Waals surface area contributed by atoms with E-state index in [1.54, 1.807) is 0 Å². The van der Waals surface area contributed by atoms with Gasteiger partial charge in [-0.15, -0.1) is 11.6 Å². The molecule has 0 saturated carbocycles. The lowest BCUT2D eigenvalue weighted by Crippen LogP contribution is -2.05. The summed E-state index contributed by atoms with van der Waals surface area (Å²) in [6.45, 7) is 3.94. The maximum absolute atomic E-state index is 6.31. The molecule has 0 bridgehead atoms. The lowest BCUT2D eigenvalue weighted by Gasteiger charge is -2.11. The third kappa shape index (κ3) is 3.74. The summed E-state index contributed by atoms with van der Waals surface area (Å²) in [5.41, 5.74) is 4.88.